The standard InChI is InChI=1S/C10H9N3O3/c1-16-10(15)9-7-4-6(11-5-14)2-3-8(7)12-13-9/h2-5H,1H3,(H,11,14)(H,12,13). The van der Waals surface area contributed by atoms with E-state index in [-0.39, 0.29) is 5.69 Å². The van der Waals surface area contributed by atoms with E-state index in [4.69, 9.17) is 0 Å². The van der Waals surface area contributed by atoms with E-state index in [0.717, 1.165) is 0 Å². The molecule has 2 rings (SSSR count). The number of hydrogen-bond acceptors (Lipinski definition) is 4. The third-order valence-corrected chi connectivity index (χ3v) is 2.17. The van der Waals surface area contributed by atoms with Crippen LogP contribution in [0.25, 0.3) is 10.9 Å². The topological polar surface area (TPSA) is 84.1 Å². The summed E-state index contributed by atoms with van der Waals surface area (Å²) in [5.74, 6) is -0.519. The monoisotopic (exact) mass is 219 g/mol. The molecule has 0 radical (unpaired) electrons. The largest absolute Gasteiger partial charge is 0.464 e. The van der Waals surface area contributed by atoms with Crippen LogP contribution in [-0.4, -0.2) is 29.7 Å². The number of ether oxygens (including phenoxy) is 1. The molecule has 0 bridgehead atoms. The van der Waals surface area contributed by atoms with E-state index < -0.39 is 5.97 Å². The molecule has 0 unspecified atom stereocenters. The molecule has 82 valence electrons. The highest BCUT2D eigenvalue weighted by atomic mass is 16.5. The van der Waals surface area contributed by atoms with Gasteiger partial charge in [-0.2, -0.15) is 5.10 Å². The zero-order chi connectivity index (χ0) is 11.5. The van der Waals surface area contributed by atoms with Crippen LogP contribution in [0.3, 0.4) is 0 Å². The minimum Gasteiger partial charge on any atom is -0.464 e. The molecular weight excluding hydrogens is 210 g/mol. The van der Waals surface area contributed by atoms with Gasteiger partial charge in [0.15, 0.2) is 5.69 Å². The second kappa shape index (κ2) is 4.01. The van der Waals surface area contributed by atoms with Crippen molar-refractivity contribution in [3.63, 3.8) is 0 Å². The summed E-state index contributed by atoms with van der Waals surface area (Å²) in [6, 6.07) is 5.08. The highest BCUT2D eigenvalue weighted by Gasteiger charge is 2.14. The van der Waals surface area contributed by atoms with E-state index >= 15 is 0 Å². The summed E-state index contributed by atoms with van der Waals surface area (Å²) in [7, 11) is 1.29. The van der Waals surface area contributed by atoms with E-state index in [2.05, 4.69) is 20.3 Å². The summed E-state index contributed by atoms with van der Waals surface area (Å²) in [5, 5.41) is 9.67. The first kappa shape index (κ1) is 10.2. The summed E-state index contributed by atoms with van der Waals surface area (Å²) in [6.45, 7) is 0. The summed E-state index contributed by atoms with van der Waals surface area (Å²) >= 11 is 0. The fourth-order valence-corrected chi connectivity index (χ4v) is 1.42. The number of benzene rings is 1. The molecule has 0 aliphatic heterocycles. The molecule has 2 aromatic rings. The fourth-order valence-electron chi connectivity index (χ4n) is 1.42. The number of H-pyrrole nitrogens is 1. The number of esters is 1. The predicted molar refractivity (Wildman–Crippen MR) is 57.1 cm³/mol. The van der Waals surface area contributed by atoms with E-state index in [1.54, 1.807) is 18.2 Å². The highest BCUT2D eigenvalue weighted by Crippen LogP contribution is 2.20. The lowest BCUT2D eigenvalue weighted by Gasteiger charge is -1.99. The number of hydrogen-bond donors (Lipinski definition) is 2. The lowest BCUT2D eigenvalue weighted by Crippen LogP contribution is -2.02. The maximum absolute atomic E-state index is 11.4. The van der Waals surface area contributed by atoms with Crippen LogP contribution in [0.5, 0.6) is 0 Å². The van der Waals surface area contributed by atoms with Crippen molar-refractivity contribution >= 4 is 29.0 Å². The maximum Gasteiger partial charge on any atom is 0.359 e. The molecule has 1 aromatic carbocycles. The molecule has 1 amide bonds. The summed E-state index contributed by atoms with van der Waals surface area (Å²) in [5.41, 5.74) is 1.50. The lowest BCUT2D eigenvalue weighted by molar-refractivity contribution is -0.105. The van der Waals surface area contributed by atoms with E-state index in [1.165, 1.54) is 7.11 Å². The minimum atomic E-state index is -0.519. The van der Waals surface area contributed by atoms with Crippen LogP contribution in [0.4, 0.5) is 5.69 Å². The van der Waals surface area contributed by atoms with Crippen LogP contribution in [0, 0.1) is 0 Å². The molecular formula is C10H9N3O3. The average molecular weight is 219 g/mol. The molecule has 6 heteroatoms. The van der Waals surface area contributed by atoms with Gasteiger partial charge in [0, 0.05) is 11.1 Å². The van der Waals surface area contributed by atoms with E-state index in [1.807, 2.05) is 0 Å². The number of carbonyl (C=O) groups excluding carboxylic acids is 2. The van der Waals surface area contributed by atoms with Crippen molar-refractivity contribution in [2.45, 2.75) is 0 Å². The van der Waals surface area contributed by atoms with Crippen LogP contribution in [0.15, 0.2) is 18.2 Å². The Balaban J connectivity index is 2.55. The van der Waals surface area contributed by atoms with Gasteiger partial charge in [-0.25, -0.2) is 4.79 Å². The SMILES string of the molecule is COC(=O)c1n[nH]c2ccc(NC=O)cc12. The van der Waals surface area contributed by atoms with Crippen LogP contribution in [0.1, 0.15) is 10.5 Å². The highest BCUT2D eigenvalue weighted by molar-refractivity contribution is 6.03. The van der Waals surface area contributed by atoms with Gasteiger partial charge < -0.3 is 10.1 Å². The number of amides is 1. The molecule has 2 N–H and O–H groups in total. The van der Waals surface area contributed by atoms with Gasteiger partial charge in [-0.1, -0.05) is 0 Å². The molecule has 0 atom stereocenters. The first-order valence-corrected chi connectivity index (χ1v) is 4.53. The van der Waals surface area contributed by atoms with Crippen molar-refractivity contribution in [2.24, 2.45) is 0 Å². The third-order valence-electron chi connectivity index (χ3n) is 2.17. The van der Waals surface area contributed by atoms with Gasteiger partial charge in [0.25, 0.3) is 0 Å². The second-order valence-electron chi connectivity index (χ2n) is 3.09. The van der Waals surface area contributed by atoms with Gasteiger partial charge in [-0.05, 0) is 18.2 Å². The number of nitrogens with one attached hydrogen (secondary N) is 2. The second-order valence-corrected chi connectivity index (χ2v) is 3.09. The van der Waals surface area contributed by atoms with Gasteiger partial charge in [0.05, 0.1) is 12.6 Å². The summed E-state index contributed by atoms with van der Waals surface area (Å²) in [4.78, 5) is 21.7. The molecule has 0 saturated heterocycles. The van der Waals surface area contributed by atoms with Gasteiger partial charge in [0.1, 0.15) is 0 Å². The molecule has 6 nitrogen and oxygen atoms in total. The number of methoxy groups -OCH3 is 1. The number of nitrogens with zero attached hydrogens (tertiary/aromatic N) is 1. The number of fused-ring (bicyclic) bond motifs is 1. The van der Waals surface area contributed by atoms with Crippen molar-refractivity contribution in [3.05, 3.63) is 23.9 Å². The van der Waals surface area contributed by atoms with Crippen molar-refractivity contribution in [1.29, 1.82) is 0 Å². The third kappa shape index (κ3) is 1.60. The maximum atomic E-state index is 11.4. The number of aromatic nitrogens is 2. The molecule has 0 aliphatic rings. The molecule has 0 saturated carbocycles. The predicted octanol–water partition coefficient (Wildman–Crippen LogP) is 0.918. The van der Waals surface area contributed by atoms with Gasteiger partial charge in [0.2, 0.25) is 6.41 Å². The fraction of sp³-hybridized carbons (Fsp3) is 0.100. The average Bonchev–Trinajstić information content (AvgIpc) is 2.71. The van der Waals surface area contributed by atoms with Crippen LogP contribution in [-0.2, 0) is 9.53 Å². The summed E-state index contributed by atoms with van der Waals surface area (Å²) in [6.07, 6.45) is 0.569. The minimum absolute atomic E-state index is 0.201. The number of carbonyl (C=O) groups is 2. The van der Waals surface area contributed by atoms with E-state index in [0.29, 0.717) is 23.0 Å². The Hall–Kier alpha value is -2.37. The Labute approximate surface area is 90.6 Å². The Morgan fingerprint density at radius 3 is 3.06 bits per heavy atom. The Morgan fingerprint density at radius 1 is 1.56 bits per heavy atom. The van der Waals surface area contributed by atoms with Crippen molar-refractivity contribution in [2.75, 3.05) is 12.4 Å². The Morgan fingerprint density at radius 2 is 2.38 bits per heavy atom. The van der Waals surface area contributed by atoms with Crippen molar-refractivity contribution in [3.8, 4) is 0 Å². The Kier molecular flexibility index (Phi) is 2.55. The number of aromatic amines is 1. The molecule has 0 aliphatic carbocycles. The molecule has 0 spiro atoms. The lowest BCUT2D eigenvalue weighted by atomic mass is 10.2. The van der Waals surface area contributed by atoms with Gasteiger partial charge in [-0.15, -0.1) is 0 Å². The molecule has 0 fully saturated rings. The van der Waals surface area contributed by atoms with Crippen LogP contribution >= 0.6 is 0 Å². The quantitative estimate of drug-likeness (QED) is 0.593. The first-order chi connectivity index (χ1) is 7.76. The van der Waals surface area contributed by atoms with Gasteiger partial charge in [-0.3, -0.25) is 9.89 Å². The van der Waals surface area contributed by atoms with Crippen LogP contribution < -0.4 is 5.32 Å². The zero-order valence-corrected chi connectivity index (χ0v) is 8.48. The first-order valence-electron chi connectivity index (χ1n) is 4.53. The molecule has 16 heavy (non-hydrogen) atoms. The van der Waals surface area contributed by atoms with Crippen molar-refractivity contribution < 1.29 is 14.3 Å². The smallest absolute Gasteiger partial charge is 0.359 e. The zero-order valence-electron chi connectivity index (χ0n) is 8.48. The molecule has 1 heterocycles. The molecule has 1 aromatic heterocycles. The summed E-state index contributed by atoms with van der Waals surface area (Å²) < 4.78 is 4.59. The number of anilines is 1. The normalized spacial score (nSPS) is 10.1. The van der Waals surface area contributed by atoms with Crippen LogP contribution in [0.2, 0.25) is 0 Å². The van der Waals surface area contributed by atoms with E-state index in [9.17, 15) is 9.59 Å². The van der Waals surface area contributed by atoms with Gasteiger partial charge >= 0.3 is 5.97 Å². The number of rotatable bonds is 3. The van der Waals surface area contributed by atoms with Crippen molar-refractivity contribution in [1.82, 2.24) is 10.2 Å². The Bertz CT molecular complexity index is 547.